The minimum atomic E-state index is -0.948. The fourth-order valence-electron chi connectivity index (χ4n) is 1.83. The summed E-state index contributed by atoms with van der Waals surface area (Å²) < 4.78 is 0. The molecule has 0 spiro atoms. The van der Waals surface area contributed by atoms with E-state index >= 15 is 0 Å². The third kappa shape index (κ3) is 4.66. The largest absolute Gasteiger partial charge is 0.343 e. The molecule has 4 N–H and O–H groups in total. The first-order chi connectivity index (χ1) is 9.36. The number of anilines is 1. The lowest BCUT2D eigenvalue weighted by Crippen LogP contribution is -2.55. The molecule has 0 fully saturated rings. The zero-order valence-corrected chi connectivity index (χ0v) is 12.3. The first-order valence-electron chi connectivity index (χ1n) is 6.82. The molecule has 0 bridgehead atoms. The first-order valence-corrected chi connectivity index (χ1v) is 6.82. The van der Waals surface area contributed by atoms with Crippen LogP contribution in [0.5, 0.6) is 0 Å². The molecular formula is C15H23N3O2. The molecule has 5 heteroatoms. The van der Waals surface area contributed by atoms with Crippen LogP contribution in [0.3, 0.4) is 0 Å². The van der Waals surface area contributed by atoms with Crippen molar-refractivity contribution in [1.82, 2.24) is 5.32 Å². The van der Waals surface area contributed by atoms with Gasteiger partial charge in [-0.25, -0.2) is 0 Å². The standard InChI is InChI=1S/C15H23N3O2/c1-4-10-15(3,16)14(20)17-11(2)13(19)18-12-8-6-5-7-9-12/h5-9,11H,4,10,16H2,1-3H3,(H,17,20)(H,18,19). The summed E-state index contributed by atoms with van der Waals surface area (Å²) in [4.78, 5) is 24.0. The third-order valence-corrected chi connectivity index (χ3v) is 3.07. The number of carbonyl (C=O) groups is 2. The number of nitrogens with two attached hydrogens (primary N) is 1. The van der Waals surface area contributed by atoms with Gasteiger partial charge in [0.15, 0.2) is 0 Å². The molecule has 0 aliphatic rings. The van der Waals surface area contributed by atoms with Crippen molar-refractivity contribution in [2.24, 2.45) is 5.73 Å². The van der Waals surface area contributed by atoms with Crippen molar-refractivity contribution in [3.63, 3.8) is 0 Å². The number of benzene rings is 1. The summed E-state index contributed by atoms with van der Waals surface area (Å²) in [5.74, 6) is -0.577. The topological polar surface area (TPSA) is 84.2 Å². The lowest BCUT2D eigenvalue weighted by atomic mass is 9.96. The second-order valence-electron chi connectivity index (χ2n) is 5.22. The predicted octanol–water partition coefficient (Wildman–Crippen LogP) is 1.65. The molecule has 20 heavy (non-hydrogen) atoms. The summed E-state index contributed by atoms with van der Waals surface area (Å²) in [6.07, 6.45) is 1.39. The Morgan fingerprint density at radius 2 is 1.90 bits per heavy atom. The van der Waals surface area contributed by atoms with Gasteiger partial charge in [0.2, 0.25) is 11.8 Å². The third-order valence-electron chi connectivity index (χ3n) is 3.07. The molecule has 0 saturated carbocycles. The first kappa shape index (κ1) is 16.2. The summed E-state index contributed by atoms with van der Waals surface area (Å²) >= 11 is 0. The van der Waals surface area contributed by atoms with Crippen molar-refractivity contribution in [2.75, 3.05) is 5.32 Å². The highest BCUT2D eigenvalue weighted by atomic mass is 16.2. The van der Waals surface area contributed by atoms with Crippen molar-refractivity contribution >= 4 is 17.5 Å². The number of rotatable bonds is 6. The van der Waals surface area contributed by atoms with E-state index in [2.05, 4.69) is 10.6 Å². The molecular weight excluding hydrogens is 254 g/mol. The van der Waals surface area contributed by atoms with Crippen LogP contribution < -0.4 is 16.4 Å². The summed E-state index contributed by atoms with van der Waals surface area (Å²) in [7, 11) is 0. The van der Waals surface area contributed by atoms with Crippen LogP contribution in [0.1, 0.15) is 33.6 Å². The fourth-order valence-corrected chi connectivity index (χ4v) is 1.83. The smallest absolute Gasteiger partial charge is 0.246 e. The van der Waals surface area contributed by atoms with Crippen molar-refractivity contribution < 1.29 is 9.59 Å². The monoisotopic (exact) mass is 277 g/mol. The molecule has 1 aromatic carbocycles. The van der Waals surface area contributed by atoms with E-state index in [1.807, 2.05) is 25.1 Å². The highest BCUT2D eigenvalue weighted by Crippen LogP contribution is 2.09. The van der Waals surface area contributed by atoms with Gasteiger partial charge in [0.1, 0.15) is 6.04 Å². The molecule has 0 aliphatic carbocycles. The minimum absolute atomic E-state index is 0.267. The van der Waals surface area contributed by atoms with Crippen molar-refractivity contribution in [2.45, 2.75) is 45.2 Å². The van der Waals surface area contributed by atoms with Gasteiger partial charge < -0.3 is 16.4 Å². The lowest BCUT2D eigenvalue weighted by Gasteiger charge is -2.25. The Morgan fingerprint density at radius 3 is 2.45 bits per heavy atom. The number of hydrogen-bond donors (Lipinski definition) is 3. The zero-order chi connectivity index (χ0) is 15.2. The van der Waals surface area contributed by atoms with Gasteiger partial charge >= 0.3 is 0 Å². The van der Waals surface area contributed by atoms with E-state index in [0.29, 0.717) is 12.1 Å². The maximum atomic E-state index is 12.0. The lowest BCUT2D eigenvalue weighted by molar-refractivity contribution is -0.129. The normalized spacial score (nSPS) is 15.0. The van der Waals surface area contributed by atoms with E-state index < -0.39 is 11.6 Å². The van der Waals surface area contributed by atoms with Gasteiger partial charge in [0, 0.05) is 5.69 Å². The number of hydrogen-bond acceptors (Lipinski definition) is 3. The maximum Gasteiger partial charge on any atom is 0.246 e. The van der Waals surface area contributed by atoms with E-state index in [0.717, 1.165) is 6.42 Å². The molecule has 110 valence electrons. The van der Waals surface area contributed by atoms with Gasteiger partial charge in [0.05, 0.1) is 5.54 Å². The van der Waals surface area contributed by atoms with Gasteiger partial charge in [-0.1, -0.05) is 31.5 Å². The average Bonchev–Trinajstić information content (AvgIpc) is 2.39. The van der Waals surface area contributed by atoms with E-state index in [1.54, 1.807) is 26.0 Å². The molecule has 5 nitrogen and oxygen atoms in total. The van der Waals surface area contributed by atoms with Crippen LogP contribution in [-0.4, -0.2) is 23.4 Å². The van der Waals surface area contributed by atoms with Crippen LogP contribution in [-0.2, 0) is 9.59 Å². The fraction of sp³-hybridized carbons (Fsp3) is 0.467. The van der Waals surface area contributed by atoms with Crippen LogP contribution in [0.2, 0.25) is 0 Å². The maximum absolute atomic E-state index is 12.0. The Labute approximate surface area is 119 Å². The van der Waals surface area contributed by atoms with Gasteiger partial charge in [-0.15, -0.1) is 0 Å². The van der Waals surface area contributed by atoms with Crippen LogP contribution >= 0.6 is 0 Å². The molecule has 0 heterocycles. The van der Waals surface area contributed by atoms with E-state index in [4.69, 9.17) is 5.73 Å². The highest BCUT2D eigenvalue weighted by molar-refractivity contribution is 5.98. The summed E-state index contributed by atoms with van der Waals surface area (Å²) in [6.45, 7) is 5.27. The molecule has 0 aliphatic heterocycles. The quantitative estimate of drug-likeness (QED) is 0.739. The Balaban J connectivity index is 2.56. The molecule has 1 aromatic rings. The molecule has 0 aromatic heterocycles. The van der Waals surface area contributed by atoms with Crippen LogP contribution in [0.25, 0.3) is 0 Å². The number of nitrogens with one attached hydrogen (secondary N) is 2. The van der Waals surface area contributed by atoms with Crippen molar-refractivity contribution in [3.8, 4) is 0 Å². The van der Waals surface area contributed by atoms with Gasteiger partial charge in [-0.3, -0.25) is 9.59 Å². The van der Waals surface area contributed by atoms with Crippen molar-refractivity contribution in [1.29, 1.82) is 0 Å². The Hall–Kier alpha value is -1.88. The number of amides is 2. The van der Waals surface area contributed by atoms with Crippen LogP contribution in [0.4, 0.5) is 5.69 Å². The van der Waals surface area contributed by atoms with Crippen LogP contribution in [0.15, 0.2) is 30.3 Å². The van der Waals surface area contributed by atoms with Gasteiger partial charge in [0.25, 0.3) is 0 Å². The van der Waals surface area contributed by atoms with E-state index in [-0.39, 0.29) is 11.8 Å². The summed E-state index contributed by atoms with van der Waals surface area (Å²) in [5.41, 5.74) is 5.68. The Kier molecular flexibility index (Phi) is 5.70. The molecule has 1 rings (SSSR count). The van der Waals surface area contributed by atoms with Crippen molar-refractivity contribution in [3.05, 3.63) is 30.3 Å². The van der Waals surface area contributed by atoms with Crippen LogP contribution in [0, 0.1) is 0 Å². The van der Waals surface area contributed by atoms with E-state index in [9.17, 15) is 9.59 Å². The summed E-state index contributed by atoms with van der Waals surface area (Å²) in [5, 5.41) is 5.39. The molecule has 2 amide bonds. The molecule has 0 radical (unpaired) electrons. The average molecular weight is 277 g/mol. The Morgan fingerprint density at radius 1 is 1.30 bits per heavy atom. The second-order valence-corrected chi connectivity index (χ2v) is 5.22. The zero-order valence-electron chi connectivity index (χ0n) is 12.3. The van der Waals surface area contributed by atoms with E-state index in [1.165, 1.54) is 0 Å². The van der Waals surface area contributed by atoms with Gasteiger partial charge in [-0.2, -0.15) is 0 Å². The SMILES string of the molecule is CCCC(C)(N)C(=O)NC(C)C(=O)Nc1ccccc1. The molecule has 2 unspecified atom stereocenters. The van der Waals surface area contributed by atoms with Gasteiger partial charge in [-0.05, 0) is 32.4 Å². The summed E-state index contributed by atoms with van der Waals surface area (Å²) in [6, 6.07) is 8.47. The molecule has 2 atom stereocenters. The number of para-hydroxylation sites is 1. The highest BCUT2D eigenvalue weighted by Gasteiger charge is 2.29. The Bertz CT molecular complexity index is 457. The molecule has 0 saturated heterocycles. The second kappa shape index (κ2) is 7.05. The predicted molar refractivity (Wildman–Crippen MR) is 80.2 cm³/mol. The minimum Gasteiger partial charge on any atom is -0.343 e. The number of carbonyl (C=O) groups excluding carboxylic acids is 2.